The molecule has 0 saturated carbocycles. The van der Waals surface area contributed by atoms with Gasteiger partial charge in [-0.2, -0.15) is 41.4 Å². The number of benzene rings is 8. The summed E-state index contributed by atoms with van der Waals surface area (Å²) in [4.78, 5) is 104. The molecule has 10 N–H and O–H groups in total. The summed E-state index contributed by atoms with van der Waals surface area (Å²) < 4.78 is 171. The summed E-state index contributed by atoms with van der Waals surface area (Å²) >= 11 is 0. The molecule has 694 valence electrons. The molecule has 0 aliphatic carbocycles. The molecule has 11 rings (SSSR count). The van der Waals surface area contributed by atoms with Crippen molar-refractivity contribution in [3.05, 3.63) is 231 Å². The van der Waals surface area contributed by atoms with Crippen molar-refractivity contribution in [3.63, 3.8) is 0 Å². The Labute approximate surface area is 759 Å². The van der Waals surface area contributed by atoms with Gasteiger partial charge in [-0.25, -0.2) is 25.9 Å². The van der Waals surface area contributed by atoms with Crippen molar-refractivity contribution in [2.45, 2.75) is 133 Å². The Morgan fingerprint density at radius 3 is 1.48 bits per heavy atom. The van der Waals surface area contributed by atoms with Crippen LogP contribution in [0.15, 0.2) is 191 Å². The fourth-order valence-electron chi connectivity index (χ4n) is 14.4. The first kappa shape index (κ1) is 100.0. The maximum absolute atomic E-state index is 14.8. The molecule has 2 aliphatic rings. The van der Waals surface area contributed by atoms with E-state index in [-0.39, 0.29) is 172 Å². The first-order valence-corrected chi connectivity index (χ1v) is 44.4. The van der Waals surface area contributed by atoms with E-state index in [1.54, 1.807) is 109 Å². The SMILES string of the molecule is C#CCC/C(O)=C(\C#N)C(=O)Nc1ccc(C(F)(F)F)c(OCCCCCC(=O)NCC(=O)Nc2ccc3c(c2)C(=O)OC32c3ccc(O)cc3Oc3cc(O)ccc32)c1.C#CCC/C(O)=C(\C#N)C(=O)Nc1ccc(C(F)(F)F)c(OCCCCCC(=O)NCCNC(=O)CCCN(C(=O)c2c3ccccc3[n+](CCCS(=O)(=O)[O-])c3ccccc23)S(=O)(=O)c2ccc(C)cc2)c1. The second-order valence-electron chi connectivity index (χ2n) is 30.2. The fraction of sp³-hybridized carbons (Fsp3) is 0.287. The second kappa shape index (κ2) is 44.9. The van der Waals surface area contributed by atoms with E-state index >= 15 is 0 Å². The topological polar surface area (TPSA) is 473 Å². The van der Waals surface area contributed by atoms with E-state index in [0.717, 1.165) is 34.1 Å². The van der Waals surface area contributed by atoms with Crippen LogP contribution in [0.2, 0.25) is 0 Å². The van der Waals surface area contributed by atoms with E-state index in [1.807, 2.05) is 0 Å². The molecule has 1 spiro atoms. The van der Waals surface area contributed by atoms with Gasteiger partial charge in [0.25, 0.3) is 27.7 Å². The van der Waals surface area contributed by atoms with Crippen LogP contribution < -0.4 is 50.7 Å². The molecule has 9 aromatic rings. The van der Waals surface area contributed by atoms with Crippen LogP contribution in [0, 0.1) is 54.3 Å². The number of hydrogen-bond acceptors (Lipinski definition) is 23. The predicted octanol–water partition coefficient (Wildman–Crippen LogP) is 13.8. The summed E-state index contributed by atoms with van der Waals surface area (Å²) in [5.41, 5.74) is -1.70. The molecule has 0 fully saturated rings. The second-order valence-corrected chi connectivity index (χ2v) is 33.6. The summed E-state index contributed by atoms with van der Waals surface area (Å²) in [5, 5.41) is 74.6. The van der Waals surface area contributed by atoms with Gasteiger partial charge in [-0.15, -0.1) is 24.7 Å². The maximum Gasteiger partial charge on any atom is 0.419 e. The fourth-order valence-corrected chi connectivity index (χ4v) is 16.3. The van der Waals surface area contributed by atoms with Crippen LogP contribution >= 0.6 is 0 Å². The Bertz CT molecular complexity index is 6350. The molecular weight excluding hydrogens is 1780 g/mol. The number of aliphatic hydroxyl groups is 2. The number of aliphatic hydroxyl groups excluding tert-OH is 2. The maximum atomic E-state index is 14.8. The minimum atomic E-state index is -4.80. The van der Waals surface area contributed by atoms with E-state index in [1.165, 1.54) is 42.5 Å². The molecule has 1 aromatic heterocycles. The number of anilines is 3. The molecule has 8 aromatic carbocycles. The van der Waals surface area contributed by atoms with Crippen molar-refractivity contribution in [2.75, 3.05) is 61.1 Å². The number of ether oxygens (including phenoxy) is 4. The molecule has 0 bridgehead atoms. The number of fused-ring (bicyclic) bond motifs is 8. The van der Waals surface area contributed by atoms with Gasteiger partial charge in [-0.05, 0) is 137 Å². The third-order valence-corrected chi connectivity index (χ3v) is 23.3. The number of hydrogen-bond donors (Lipinski definition) is 10. The lowest BCUT2D eigenvalue weighted by atomic mass is 9.77. The van der Waals surface area contributed by atoms with Gasteiger partial charge in [0.05, 0.1) is 67.8 Å². The van der Waals surface area contributed by atoms with Crippen molar-refractivity contribution < 1.29 is 130 Å². The number of alkyl halides is 6. The molecule has 2 aliphatic heterocycles. The first-order valence-electron chi connectivity index (χ1n) is 41.4. The standard InChI is InChI=1S/C51H53F3N6O11S2.C43H35F3N4O10/c1-3-4-18-44(61)40(34-55)49(64)58-36-23-26-41(51(52,53)54)45(33-36)71-31-11-5-6-19-46(62)56-27-28-57-47(63)20-12-30-60(73(69,70)37-24-21-35(2)22-25-37)50(65)48-38-14-7-9-16-42(38)59(29-13-32-72(66,67)68)43-17-10-8-15-39(43)48;1-2-3-7-34(53)29(22-47)40(56)50-25-10-14-33(43(44,45)46)35(19-25)58-17-6-4-5-8-38(54)48-23-39(55)49-24-9-13-30-28(18-24)41(57)60-42(30)31-15-11-26(51)20-36(31)59-37-21-27(52)12-16-32(37)42/h1,7-10,14-17,21-26,33H,4-6,11-13,18-20,27-32H2,2H3,(H4-,56,57,58,61,62,63,64,66,67,68);1,9-16,18-21,51-53H,3-8,17,23H2,(H,48,54)(H,49,55)(H,50,56)/b;34-29-. The Morgan fingerprint density at radius 1 is 0.549 bits per heavy atom. The van der Waals surface area contributed by atoms with E-state index in [9.17, 15) is 117 Å². The van der Waals surface area contributed by atoms with Crippen LogP contribution in [-0.4, -0.2) is 139 Å². The lowest BCUT2D eigenvalue weighted by Gasteiger charge is -2.36. The van der Waals surface area contributed by atoms with Gasteiger partial charge in [-0.3, -0.25) is 33.6 Å². The number of aromatic nitrogens is 1. The number of pyridine rings is 1. The molecule has 0 radical (unpaired) electrons. The third-order valence-electron chi connectivity index (χ3n) is 20.8. The van der Waals surface area contributed by atoms with Gasteiger partial charge >= 0.3 is 18.3 Å². The van der Waals surface area contributed by atoms with Crippen molar-refractivity contribution in [1.82, 2.24) is 20.3 Å². The smallest absolute Gasteiger partial charge is 0.419 e. The number of allylic oxidation sites excluding steroid dienone is 2. The van der Waals surface area contributed by atoms with Crippen LogP contribution in [0.25, 0.3) is 21.8 Å². The average Bonchev–Trinajstić information content (AvgIpc) is 1.56. The van der Waals surface area contributed by atoms with Crippen molar-refractivity contribution in [1.29, 1.82) is 10.5 Å². The number of esters is 1. The Balaban J connectivity index is 0.000000281. The highest BCUT2D eigenvalue weighted by Crippen LogP contribution is 2.57. The van der Waals surface area contributed by atoms with Crippen molar-refractivity contribution in [3.8, 4) is 71.3 Å². The Kier molecular flexibility index (Phi) is 33.7. The first-order chi connectivity index (χ1) is 63.3. The highest BCUT2D eigenvalue weighted by Gasteiger charge is 2.54. The van der Waals surface area contributed by atoms with Crippen molar-refractivity contribution >= 4 is 106 Å². The number of aromatic hydroxyl groups is 2. The van der Waals surface area contributed by atoms with Crippen LogP contribution in [-0.2, 0) is 78.1 Å². The summed E-state index contributed by atoms with van der Waals surface area (Å²) in [6.45, 7) is 0.822. The highest BCUT2D eigenvalue weighted by atomic mass is 32.2. The van der Waals surface area contributed by atoms with E-state index in [2.05, 4.69) is 43.7 Å². The number of halogens is 6. The number of amides is 7. The molecule has 3 heterocycles. The number of phenols is 2. The Hall–Kier alpha value is -15.2. The summed E-state index contributed by atoms with van der Waals surface area (Å²) in [6.07, 6.45) is 2.23. The van der Waals surface area contributed by atoms with Crippen LogP contribution in [0.4, 0.5) is 43.4 Å². The predicted molar refractivity (Wildman–Crippen MR) is 470 cm³/mol. The minimum absolute atomic E-state index is 0.000506. The molecule has 133 heavy (non-hydrogen) atoms. The summed E-state index contributed by atoms with van der Waals surface area (Å²) in [5.74, 6) is -3.70. The van der Waals surface area contributed by atoms with Gasteiger partial charge in [-0.1, -0.05) is 48.0 Å². The van der Waals surface area contributed by atoms with E-state index in [0.29, 0.717) is 76.3 Å². The number of terminal acetylenes is 2. The summed E-state index contributed by atoms with van der Waals surface area (Å²) in [7, 11) is -9.01. The third kappa shape index (κ3) is 25.9. The molecule has 7 amide bonds. The van der Waals surface area contributed by atoms with Gasteiger partial charge in [0.15, 0.2) is 23.3 Å². The number of phenolic OH excluding ortho intramolecular Hbond substituents is 2. The zero-order valence-corrected chi connectivity index (χ0v) is 72.7. The highest BCUT2D eigenvalue weighted by molar-refractivity contribution is 7.89. The lowest BCUT2D eigenvalue weighted by molar-refractivity contribution is -0.645. The lowest BCUT2D eigenvalue weighted by Crippen LogP contribution is -2.41. The average molecular weight is 1870 g/mol. The van der Waals surface area contributed by atoms with Crippen molar-refractivity contribution in [2.24, 2.45) is 0 Å². The van der Waals surface area contributed by atoms with Gasteiger partial charge < -0.3 is 75.8 Å². The molecular formula is C94H88F6N10O21S2. The van der Waals surface area contributed by atoms with Crippen LogP contribution in [0.5, 0.6) is 34.5 Å². The van der Waals surface area contributed by atoms with Crippen LogP contribution in [0.3, 0.4) is 0 Å². The Morgan fingerprint density at radius 2 is 1.01 bits per heavy atom. The zero-order valence-electron chi connectivity index (χ0n) is 71.1. The number of rotatable bonds is 39. The molecule has 0 atom stereocenters. The van der Waals surface area contributed by atoms with Gasteiger partial charge in [0, 0.05) is 147 Å². The van der Waals surface area contributed by atoms with E-state index in [4.69, 9.17) is 31.8 Å². The molecule has 31 nitrogen and oxygen atoms in total. The molecule has 0 unspecified atom stereocenters. The normalized spacial score (nSPS) is 12.7. The zero-order chi connectivity index (χ0) is 96.5. The van der Waals surface area contributed by atoms with Crippen LogP contribution in [0.1, 0.15) is 150 Å². The quantitative estimate of drug-likeness (QED) is 0.00163. The monoisotopic (exact) mass is 1870 g/mol. The number of sulfonamides is 1. The van der Waals surface area contributed by atoms with E-state index < -0.39 is 137 Å². The number of unbranched alkanes of at least 4 members (excludes halogenated alkanes) is 4. The number of nitrogens with one attached hydrogen (secondary N) is 6. The van der Waals surface area contributed by atoms with Gasteiger partial charge in [0.2, 0.25) is 34.7 Å². The number of carbonyl (C=O) groups is 8. The molecule has 0 saturated heterocycles. The number of carbonyl (C=O) groups excluding carboxylic acids is 8. The number of nitriles is 2. The number of nitrogens with zero attached hydrogens (tertiary/aromatic N) is 4. The number of para-hydroxylation sites is 2. The summed E-state index contributed by atoms with van der Waals surface area (Å²) in [6, 6.07) is 41.1. The largest absolute Gasteiger partial charge is 0.748 e. The molecule has 39 heteroatoms. The van der Waals surface area contributed by atoms with Gasteiger partial charge in [0.1, 0.15) is 58.2 Å². The number of aryl methyl sites for hydroxylation is 2. The minimum Gasteiger partial charge on any atom is -0.748 e.